The monoisotopic (exact) mass is 696 g/mol. The van der Waals surface area contributed by atoms with Crippen molar-refractivity contribution in [2.24, 2.45) is 0 Å². The van der Waals surface area contributed by atoms with Gasteiger partial charge in [0.1, 0.15) is 5.78 Å². The average Bonchev–Trinajstić information content (AvgIpc) is 2.47. The first-order valence-electron chi connectivity index (χ1n) is 5.48. The van der Waals surface area contributed by atoms with E-state index in [9.17, 15) is 4.79 Å². The van der Waals surface area contributed by atoms with Crippen molar-refractivity contribution in [1.82, 2.24) is 0 Å². The largest absolute Gasteiger partial charge is 0.328 e. The van der Waals surface area contributed by atoms with Crippen molar-refractivity contribution in [3.8, 4) is 0 Å². The third kappa shape index (κ3) is 14.8. The molecule has 0 amide bonds. The Morgan fingerprint density at radius 3 is 1.21 bits per heavy atom. The number of nitrogens with zero attached hydrogens (tertiary/aromatic N) is 2. The summed E-state index contributed by atoms with van der Waals surface area (Å²) in [7, 11) is 0. The summed E-state index contributed by atoms with van der Waals surface area (Å²) < 4.78 is 0. The minimum Gasteiger partial charge on any atom is -0.328 e. The number of rotatable bonds is 2. The zero-order valence-corrected chi connectivity index (χ0v) is 16.1. The molecule has 0 saturated heterocycles. The van der Waals surface area contributed by atoms with Crippen molar-refractivity contribution in [2.45, 2.75) is 0 Å². The van der Waals surface area contributed by atoms with Crippen LogP contribution in [0.4, 0.5) is 0 Å². The molecule has 0 heterocycles. The molecule has 0 fully saturated rings. The van der Waals surface area contributed by atoms with Gasteiger partial charge in [0.15, 0.2) is 0 Å². The van der Waals surface area contributed by atoms with Gasteiger partial charge in [0.2, 0.25) is 0 Å². The van der Waals surface area contributed by atoms with Crippen LogP contribution in [0, 0.1) is 32.4 Å². The van der Waals surface area contributed by atoms with E-state index in [1.807, 2.05) is 0 Å². The normalized spacial score (nSPS) is 7.67. The predicted molar refractivity (Wildman–Crippen MR) is 71.6 cm³/mol. The molecule has 0 aliphatic heterocycles. The molecule has 11 heteroatoms. The number of carbonyl (C=O) groups is 1. The smallest absolute Gasteiger partial charge is 0.291 e. The standard InChI is InChI=1S/C13H8O.2HNO3.2Pt/c14-13(11-7-3-1-4-8-11)12-9-5-2-6-10-12;2*2-1(3)4;;/h3-10H;2*(H,2,3,4);;/q-2;;;;. The third-order valence-electron chi connectivity index (χ3n) is 1.96. The van der Waals surface area contributed by atoms with Gasteiger partial charge in [-0.3, -0.25) is 4.79 Å². The Balaban J connectivity index is -0.000000378. The molecule has 2 aromatic carbocycles. The third-order valence-corrected chi connectivity index (χ3v) is 1.96. The Morgan fingerprint density at radius 2 is 1.00 bits per heavy atom. The molecule has 0 aliphatic carbocycles. The van der Waals surface area contributed by atoms with Crippen molar-refractivity contribution in [2.75, 3.05) is 0 Å². The molecular formula is C13H10N2O7Pt2-2. The number of hydrogen-bond acceptors (Lipinski definition) is 5. The zero-order valence-electron chi connectivity index (χ0n) is 11.6. The molecule has 24 heavy (non-hydrogen) atoms. The number of benzene rings is 2. The second kappa shape index (κ2) is 15.8. The molecule has 0 atom stereocenters. The van der Waals surface area contributed by atoms with Crippen LogP contribution in [0.15, 0.2) is 48.5 Å². The molecule has 0 spiro atoms. The second-order valence-corrected chi connectivity index (χ2v) is 3.38. The maximum Gasteiger partial charge on any atom is 0.291 e. The SMILES string of the molecule is O=C(c1cc[c-]cc1)c1cc[c-]cc1.O=[N+]([O-])O.O=[N+]([O-])O.[Pt].[Pt]. The van der Waals surface area contributed by atoms with Crippen LogP contribution in [0.1, 0.15) is 15.9 Å². The van der Waals surface area contributed by atoms with Crippen LogP contribution < -0.4 is 0 Å². The summed E-state index contributed by atoms with van der Waals surface area (Å²) in [6, 6.07) is 19.8. The van der Waals surface area contributed by atoms with Gasteiger partial charge in [-0.2, -0.15) is 60.7 Å². The van der Waals surface area contributed by atoms with Crippen LogP contribution in [0.5, 0.6) is 0 Å². The van der Waals surface area contributed by atoms with E-state index >= 15 is 0 Å². The van der Waals surface area contributed by atoms with E-state index < -0.39 is 10.2 Å². The first-order chi connectivity index (χ1) is 10.3. The summed E-state index contributed by atoms with van der Waals surface area (Å²) in [6.45, 7) is 0. The van der Waals surface area contributed by atoms with Gasteiger partial charge in [0, 0.05) is 42.1 Å². The molecular weight excluding hydrogens is 686 g/mol. The summed E-state index contributed by atoms with van der Waals surface area (Å²) >= 11 is 0. The molecule has 0 radical (unpaired) electrons. The molecule has 136 valence electrons. The van der Waals surface area contributed by atoms with Gasteiger partial charge in [-0.1, -0.05) is 11.1 Å². The van der Waals surface area contributed by atoms with Crippen molar-refractivity contribution in [3.05, 3.63) is 92.0 Å². The Hall–Kier alpha value is -2.11. The van der Waals surface area contributed by atoms with Gasteiger partial charge in [-0.05, 0) is 0 Å². The van der Waals surface area contributed by atoms with Crippen LogP contribution in [0.3, 0.4) is 0 Å². The maximum absolute atomic E-state index is 11.8. The van der Waals surface area contributed by atoms with Gasteiger partial charge >= 0.3 is 0 Å². The Kier molecular flexibility index (Phi) is 17.6. The van der Waals surface area contributed by atoms with Crippen LogP contribution in [-0.2, 0) is 42.1 Å². The molecule has 9 nitrogen and oxygen atoms in total. The van der Waals surface area contributed by atoms with E-state index in [0.717, 1.165) is 0 Å². The van der Waals surface area contributed by atoms with Crippen molar-refractivity contribution >= 4 is 5.78 Å². The van der Waals surface area contributed by atoms with Crippen molar-refractivity contribution in [3.63, 3.8) is 0 Å². The van der Waals surface area contributed by atoms with Gasteiger partial charge in [-0.25, -0.2) is 0 Å². The summed E-state index contributed by atoms with van der Waals surface area (Å²) in [5.41, 5.74) is 1.38. The van der Waals surface area contributed by atoms with Gasteiger partial charge in [-0.15, -0.1) is 20.2 Å². The van der Waals surface area contributed by atoms with E-state index in [1.54, 1.807) is 48.5 Å². The van der Waals surface area contributed by atoms with Gasteiger partial charge < -0.3 is 10.4 Å². The average molecular weight is 696 g/mol. The topological polar surface area (TPSA) is 144 Å². The molecule has 0 aromatic heterocycles. The van der Waals surface area contributed by atoms with Crippen molar-refractivity contribution in [1.29, 1.82) is 0 Å². The summed E-state index contributed by atoms with van der Waals surface area (Å²) in [6.07, 6.45) is 0. The fourth-order valence-corrected chi connectivity index (χ4v) is 1.24. The first kappa shape index (κ1) is 26.8. The van der Waals surface area contributed by atoms with Gasteiger partial charge in [0.05, 0.1) is 0 Å². The molecule has 0 bridgehead atoms. The van der Waals surface area contributed by atoms with E-state index in [-0.39, 0.29) is 47.9 Å². The minimum atomic E-state index is -1.50. The van der Waals surface area contributed by atoms with E-state index in [0.29, 0.717) is 11.1 Å². The zero-order chi connectivity index (χ0) is 17.0. The van der Waals surface area contributed by atoms with Crippen LogP contribution >= 0.6 is 0 Å². The number of carbonyl (C=O) groups excluding carboxylic acids is 1. The Labute approximate surface area is 165 Å². The fourth-order valence-electron chi connectivity index (χ4n) is 1.24. The molecule has 0 saturated carbocycles. The number of ketones is 1. The van der Waals surface area contributed by atoms with Crippen LogP contribution in [-0.4, -0.2) is 26.4 Å². The molecule has 0 aliphatic rings. The summed E-state index contributed by atoms with van der Waals surface area (Å²) in [5.74, 6) is 0.0352. The molecule has 2 N–H and O–H groups in total. The molecule has 0 unspecified atom stereocenters. The first-order valence-corrected chi connectivity index (χ1v) is 5.48. The molecule has 2 rings (SSSR count). The van der Waals surface area contributed by atoms with E-state index in [4.69, 9.17) is 30.6 Å². The summed E-state index contributed by atoms with van der Waals surface area (Å²) in [5, 5.41) is 27.3. The van der Waals surface area contributed by atoms with Gasteiger partial charge in [0.25, 0.3) is 10.2 Å². The predicted octanol–water partition coefficient (Wildman–Crippen LogP) is 1.82. The van der Waals surface area contributed by atoms with Crippen LogP contribution in [0.25, 0.3) is 0 Å². The Morgan fingerprint density at radius 1 is 0.792 bits per heavy atom. The fraction of sp³-hybridized carbons (Fsp3) is 0. The van der Waals surface area contributed by atoms with E-state index in [1.165, 1.54) is 0 Å². The maximum atomic E-state index is 11.8. The Bertz CT molecular complexity index is 551. The number of hydrogen-bond donors (Lipinski definition) is 2. The second-order valence-electron chi connectivity index (χ2n) is 3.38. The van der Waals surface area contributed by atoms with E-state index in [2.05, 4.69) is 12.1 Å². The quantitative estimate of drug-likeness (QED) is 0.211. The van der Waals surface area contributed by atoms with Crippen molar-refractivity contribution < 1.29 is 67.5 Å². The summed E-state index contributed by atoms with van der Waals surface area (Å²) in [4.78, 5) is 28.5. The van der Waals surface area contributed by atoms with Crippen LogP contribution in [0.2, 0.25) is 0 Å². The minimum absolute atomic E-state index is 0. The molecule has 2 aromatic rings.